The number of nitrogens with two attached hydrogens (primary N) is 1. The van der Waals surface area contributed by atoms with E-state index in [4.69, 9.17) is 15.6 Å². The summed E-state index contributed by atoms with van der Waals surface area (Å²) in [6, 6.07) is 10.5. The quantitative estimate of drug-likeness (QED) is 0.483. The van der Waals surface area contributed by atoms with Gasteiger partial charge in [0.05, 0.1) is 30.1 Å². The van der Waals surface area contributed by atoms with Gasteiger partial charge >= 0.3 is 6.03 Å². The fourth-order valence-electron chi connectivity index (χ4n) is 4.92. The Bertz CT molecular complexity index is 1160. The molecule has 192 valence electrons. The third-order valence-electron chi connectivity index (χ3n) is 6.96. The Hall–Kier alpha value is -3.21. The number of aromatic nitrogens is 3. The van der Waals surface area contributed by atoms with Crippen LogP contribution >= 0.6 is 0 Å². The van der Waals surface area contributed by atoms with Crippen molar-refractivity contribution >= 4 is 22.8 Å². The number of urea groups is 1. The van der Waals surface area contributed by atoms with Crippen molar-refractivity contribution in [3.05, 3.63) is 48.3 Å². The first-order valence-electron chi connectivity index (χ1n) is 12.8. The van der Waals surface area contributed by atoms with E-state index in [0.29, 0.717) is 19.7 Å². The molecule has 1 aromatic carbocycles. The number of hydrogen-bond acceptors (Lipinski definition) is 7. The molecule has 2 aliphatic heterocycles. The predicted molar refractivity (Wildman–Crippen MR) is 141 cm³/mol. The van der Waals surface area contributed by atoms with Gasteiger partial charge in [0.15, 0.2) is 5.82 Å². The summed E-state index contributed by atoms with van der Waals surface area (Å²) in [5.41, 5.74) is 8.76. The Kier molecular flexibility index (Phi) is 7.64. The highest BCUT2D eigenvalue weighted by Crippen LogP contribution is 2.29. The third-order valence-corrected chi connectivity index (χ3v) is 6.96. The second-order valence-electron chi connectivity index (χ2n) is 9.56. The van der Waals surface area contributed by atoms with Crippen molar-refractivity contribution in [2.75, 3.05) is 70.4 Å². The number of piperazine rings is 1. The van der Waals surface area contributed by atoms with Crippen LogP contribution in [0.25, 0.3) is 16.6 Å². The fourth-order valence-corrected chi connectivity index (χ4v) is 4.92. The standard InChI is InChI=1S/C26H36N8O2/c1-20-3-5-21(6-4-20)34-24-17-28-10-7-23(24)25(30-34)33-15-16-36-22(19-33)18-31-11-13-32(14-12-31)26(35)29-9-2-8-27/h3-7,10,17,22H,2,8-9,11-16,18-19,27H2,1H3,(H,29,35). The van der Waals surface area contributed by atoms with E-state index in [2.05, 4.69) is 51.3 Å². The molecule has 2 aromatic heterocycles. The summed E-state index contributed by atoms with van der Waals surface area (Å²) in [4.78, 5) is 23.3. The second kappa shape index (κ2) is 11.2. The number of ether oxygens (including phenoxy) is 1. The van der Waals surface area contributed by atoms with Crippen molar-refractivity contribution in [2.45, 2.75) is 19.4 Å². The highest BCUT2D eigenvalue weighted by molar-refractivity contribution is 5.91. The zero-order valence-corrected chi connectivity index (χ0v) is 21.0. The molecule has 0 radical (unpaired) electrons. The number of nitrogens with zero attached hydrogens (tertiary/aromatic N) is 6. The Labute approximate surface area is 212 Å². The van der Waals surface area contributed by atoms with Gasteiger partial charge in [0.2, 0.25) is 0 Å². The smallest absolute Gasteiger partial charge is 0.317 e. The molecule has 10 nitrogen and oxygen atoms in total. The van der Waals surface area contributed by atoms with Crippen LogP contribution < -0.4 is 16.0 Å². The van der Waals surface area contributed by atoms with Gasteiger partial charge in [-0.15, -0.1) is 5.10 Å². The Morgan fingerprint density at radius 3 is 2.72 bits per heavy atom. The summed E-state index contributed by atoms with van der Waals surface area (Å²) >= 11 is 0. The zero-order valence-electron chi connectivity index (χ0n) is 21.0. The van der Waals surface area contributed by atoms with Crippen molar-refractivity contribution in [3.8, 4) is 5.69 Å². The molecule has 3 aromatic rings. The van der Waals surface area contributed by atoms with Crippen LogP contribution in [0.5, 0.6) is 0 Å². The van der Waals surface area contributed by atoms with Crippen molar-refractivity contribution in [1.29, 1.82) is 0 Å². The lowest BCUT2D eigenvalue weighted by Crippen LogP contribution is -2.55. The fraction of sp³-hybridized carbons (Fsp3) is 0.500. The van der Waals surface area contributed by atoms with Crippen LogP contribution in [0.2, 0.25) is 0 Å². The van der Waals surface area contributed by atoms with Crippen LogP contribution in [-0.4, -0.2) is 102 Å². The lowest BCUT2D eigenvalue weighted by molar-refractivity contribution is 0.00761. The summed E-state index contributed by atoms with van der Waals surface area (Å²) in [5, 5.41) is 9.07. The average molecular weight is 493 g/mol. The summed E-state index contributed by atoms with van der Waals surface area (Å²) in [5.74, 6) is 0.972. The summed E-state index contributed by atoms with van der Waals surface area (Å²) in [7, 11) is 0. The topological polar surface area (TPSA) is 105 Å². The first kappa shape index (κ1) is 24.5. The van der Waals surface area contributed by atoms with E-state index in [-0.39, 0.29) is 12.1 Å². The zero-order chi connectivity index (χ0) is 24.9. The molecule has 2 fully saturated rings. The Morgan fingerprint density at radius 2 is 1.94 bits per heavy atom. The van der Waals surface area contributed by atoms with Gasteiger partial charge in [0, 0.05) is 63.9 Å². The van der Waals surface area contributed by atoms with Gasteiger partial charge in [-0.3, -0.25) is 9.88 Å². The Morgan fingerprint density at radius 1 is 1.14 bits per heavy atom. The minimum absolute atomic E-state index is 0.00808. The number of benzene rings is 1. The maximum Gasteiger partial charge on any atom is 0.317 e. The Balaban J connectivity index is 1.23. The number of aryl methyl sites for hydroxylation is 1. The normalized spacial score (nSPS) is 19.1. The van der Waals surface area contributed by atoms with E-state index in [0.717, 1.165) is 74.6 Å². The molecule has 0 spiro atoms. The van der Waals surface area contributed by atoms with Gasteiger partial charge in [0.1, 0.15) is 0 Å². The number of fused-ring (bicyclic) bond motifs is 1. The minimum atomic E-state index is 0.00808. The van der Waals surface area contributed by atoms with E-state index in [1.165, 1.54) is 5.56 Å². The maximum absolute atomic E-state index is 12.3. The average Bonchev–Trinajstić information content (AvgIpc) is 3.30. The molecule has 5 rings (SSSR count). The van der Waals surface area contributed by atoms with Gasteiger partial charge in [-0.05, 0) is 38.1 Å². The minimum Gasteiger partial charge on any atom is -0.373 e. The molecule has 36 heavy (non-hydrogen) atoms. The molecule has 0 saturated carbocycles. The van der Waals surface area contributed by atoms with Crippen LogP contribution in [0.4, 0.5) is 10.6 Å². The molecule has 0 aliphatic carbocycles. The first-order valence-corrected chi connectivity index (χ1v) is 12.8. The van der Waals surface area contributed by atoms with E-state index in [9.17, 15) is 4.79 Å². The molecule has 2 aliphatic rings. The molecule has 2 amide bonds. The number of pyridine rings is 1. The molecule has 2 saturated heterocycles. The highest BCUT2D eigenvalue weighted by Gasteiger charge is 2.28. The van der Waals surface area contributed by atoms with E-state index >= 15 is 0 Å². The number of carbonyl (C=O) groups excluding carboxylic acids is 1. The maximum atomic E-state index is 12.3. The lowest BCUT2D eigenvalue weighted by atomic mass is 10.2. The van der Waals surface area contributed by atoms with Crippen molar-refractivity contribution in [1.82, 2.24) is 29.9 Å². The molecular weight excluding hydrogens is 456 g/mol. The molecule has 1 unspecified atom stereocenters. The molecule has 3 N–H and O–H groups in total. The number of rotatable bonds is 7. The number of nitrogens with one attached hydrogen (secondary N) is 1. The van der Waals surface area contributed by atoms with Gasteiger partial charge < -0.3 is 25.6 Å². The summed E-state index contributed by atoms with van der Waals surface area (Å²) in [6.45, 7) is 9.54. The molecule has 1 atom stereocenters. The largest absolute Gasteiger partial charge is 0.373 e. The number of carbonyl (C=O) groups is 1. The number of anilines is 1. The van der Waals surface area contributed by atoms with Crippen LogP contribution in [0.1, 0.15) is 12.0 Å². The van der Waals surface area contributed by atoms with Gasteiger partial charge in [-0.1, -0.05) is 17.7 Å². The van der Waals surface area contributed by atoms with Crippen molar-refractivity contribution in [3.63, 3.8) is 0 Å². The summed E-state index contributed by atoms with van der Waals surface area (Å²) < 4.78 is 8.14. The highest BCUT2D eigenvalue weighted by atomic mass is 16.5. The van der Waals surface area contributed by atoms with Crippen molar-refractivity contribution < 1.29 is 9.53 Å². The predicted octanol–water partition coefficient (Wildman–Crippen LogP) is 1.61. The van der Waals surface area contributed by atoms with Gasteiger partial charge in [-0.25, -0.2) is 9.48 Å². The monoisotopic (exact) mass is 492 g/mol. The number of morpholine rings is 1. The van der Waals surface area contributed by atoms with Crippen LogP contribution in [-0.2, 0) is 4.74 Å². The van der Waals surface area contributed by atoms with Crippen LogP contribution in [0.3, 0.4) is 0 Å². The van der Waals surface area contributed by atoms with Crippen molar-refractivity contribution in [2.24, 2.45) is 5.73 Å². The first-order chi connectivity index (χ1) is 17.6. The second-order valence-corrected chi connectivity index (χ2v) is 9.56. The summed E-state index contributed by atoms with van der Waals surface area (Å²) in [6.07, 6.45) is 4.60. The van der Waals surface area contributed by atoms with E-state index < -0.39 is 0 Å². The molecule has 0 bridgehead atoms. The van der Waals surface area contributed by atoms with Crippen LogP contribution in [0, 0.1) is 6.92 Å². The van der Waals surface area contributed by atoms with Gasteiger partial charge in [-0.2, -0.15) is 0 Å². The molecule has 4 heterocycles. The van der Waals surface area contributed by atoms with E-state index in [1.54, 1.807) is 0 Å². The van der Waals surface area contributed by atoms with Crippen LogP contribution in [0.15, 0.2) is 42.7 Å². The molecular formula is C26H36N8O2. The SMILES string of the molecule is Cc1ccc(-n2nc(N3CCOC(CN4CCN(C(=O)NCCCN)CC4)C3)c3ccncc32)cc1. The number of amides is 2. The third kappa shape index (κ3) is 5.45. The van der Waals surface area contributed by atoms with E-state index in [1.807, 2.05) is 28.0 Å². The lowest BCUT2D eigenvalue weighted by Gasteiger charge is -2.39. The number of hydrogen-bond donors (Lipinski definition) is 2. The van der Waals surface area contributed by atoms with Gasteiger partial charge in [0.25, 0.3) is 0 Å². The molecule has 10 heteroatoms.